The van der Waals surface area contributed by atoms with Gasteiger partial charge in [0.2, 0.25) is 0 Å². The Kier molecular flexibility index (Phi) is 7.89. The summed E-state index contributed by atoms with van der Waals surface area (Å²) in [6.07, 6.45) is 2.87. The molecule has 1 spiro atoms. The van der Waals surface area contributed by atoms with Crippen LogP contribution in [-0.4, -0.2) is 60.2 Å². The molecule has 0 unspecified atom stereocenters. The number of carbonyl (C=O) groups excluding carboxylic acids is 1. The molecule has 11 heteroatoms. The van der Waals surface area contributed by atoms with Crippen molar-refractivity contribution >= 4 is 18.1 Å². The number of para-hydroxylation sites is 1. The zero-order valence-corrected chi connectivity index (χ0v) is 21.9. The summed E-state index contributed by atoms with van der Waals surface area (Å²) in [7, 11) is 3.87. The third-order valence-corrected chi connectivity index (χ3v) is 7.99. The summed E-state index contributed by atoms with van der Waals surface area (Å²) in [5, 5.41) is 3.99. The highest BCUT2D eigenvalue weighted by atomic mass is 32.1. The lowest BCUT2D eigenvalue weighted by molar-refractivity contribution is -0.182. The van der Waals surface area contributed by atoms with Crippen LogP contribution in [0.1, 0.15) is 40.1 Å². The highest BCUT2D eigenvalue weighted by Gasteiger charge is 2.51. The van der Waals surface area contributed by atoms with Crippen molar-refractivity contribution in [3.05, 3.63) is 68.7 Å². The van der Waals surface area contributed by atoms with E-state index in [4.69, 9.17) is 9.53 Å². The average Bonchev–Trinajstić information content (AvgIpc) is 3.43. The molecule has 0 amide bonds. The van der Waals surface area contributed by atoms with Gasteiger partial charge in [-0.1, -0.05) is 12.1 Å². The first kappa shape index (κ1) is 27.4. The molecule has 4 heterocycles. The van der Waals surface area contributed by atoms with E-state index in [-0.39, 0.29) is 11.4 Å². The van der Waals surface area contributed by atoms with Gasteiger partial charge in [-0.25, -0.2) is 9.07 Å². The molecule has 0 saturated carbocycles. The molecule has 6 nitrogen and oxygen atoms in total. The Morgan fingerprint density at radius 1 is 1.16 bits per heavy atom. The Labute approximate surface area is 217 Å². The summed E-state index contributed by atoms with van der Waals surface area (Å²) in [4.78, 5) is 12.5. The minimum Gasteiger partial charge on any atom is -0.363 e. The molecular weight excluding hydrogens is 508 g/mol. The van der Waals surface area contributed by atoms with Crippen molar-refractivity contribution in [1.82, 2.24) is 19.6 Å². The zero-order valence-electron chi connectivity index (χ0n) is 21.1. The molecule has 2 aliphatic rings. The van der Waals surface area contributed by atoms with E-state index < -0.39 is 23.3 Å². The number of likely N-dealkylation sites (tertiary alicyclic amines) is 1. The second-order valence-corrected chi connectivity index (χ2v) is 10.7. The van der Waals surface area contributed by atoms with Crippen LogP contribution >= 0.6 is 11.3 Å². The topological polar surface area (TPSA) is 50.6 Å². The molecule has 0 aliphatic carbocycles. The Morgan fingerprint density at radius 2 is 1.86 bits per heavy atom. The third kappa shape index (κ3) is 5.36. The number of fused-ring (bicyclic) bond motifs is 2. The van der Waals surface area contributed by atoms with Crippen LogP contribution in [-0.2, 0) is 34.1 Å². The van der Waals surface area contributed by atoms with Gasteiger partial charge in [0.05, 0.1) is 5.69 Å². The highest BCUT2D eigenvalue weighted by Crippen LogP contribution is 2.51. The van der Waals surface area contributed by atoms with Crippen molar-refractivity contribution in [2.45, 2.75) is 44.4 Å². The van der Waals surface area contributed by atoms with E-state index in [1.54, 1.807) is 10.7 Å². The number of thiophene rings is 1. The van der Waals surface area contributed by atoms with Gasteiger partial charge in [0.15, 0.2) is 5.13 Å². The number of aromatic nitrogens is 2. The number of ether oxygens (including phenoxy) is 1. The molecule has 37 heavy (non-hydrogen) atoms. The van der Waals surface area contributed by atoms with E-state index in [2.05, 4.69) is 10.00 Å². The van der Waals surface area contributed by atoms with E-state index in [1.165, 1.54) is 6.07 Å². The fourth-order valence-electron chi connectivity index (χ4n) is 5.08. The maximum Gasteiger partial charge on any atom is 0.297 e. The van der Waals surface area contributed by atoms with Gasteiger partial charge < -0.3 is 14.4 Å². The standard InChI is InChI=1S/C25H28F4N4OS.CH2O/c1-16-18(14-33(30-16)22-17(12-31(2)3)5-4-6-20(22)26)13-32-9-7-24(8-10-32)23-19(11-21(27)35-23)25(28,29)15-34-24;1-2/h4-6,11,14H,7-10,12-13,15H2,1-3H3;1H2. The first-order valence-electron chi connectivity index (χ1n) is 11.9. The second kappa shape index (κ2) is 10.6. The lowest BCUT2D eigenvalue weighted by Crippen LogP contribution is -2.48. The van der Waals surface area contributed by atoms with Gasteiger partial charge in [0.25, 0.3) is 5.92 Å². The number of benzene rings is 1. The maximum atomic E-state index is 14.8. The summed E-state index contributed by atoms with van der Waals surface area (Å²) in [5.41, 5.74) is 1.97. The molecule has 0 atom stereocenters. The van der Waals surface area contributed by atoms with Gasteiger partial charge in [-0.15, -0.1) is 11.3 Å². The molecule has 0 radical (unpaired) electrons. The van der Waals surface area contributed by atoms with E-state index in [9.17, 15) is 17.6 Å². The average molecular weight is 539 g/mol. The predicted molar refractivity (Wildman–Crippen MR) is 133 cm³/mol. The van der Waals surface area contributed by atoms with E-state index >= 15 is 0 Å². The van der Waals surface area contributed by atoms with Crippen LogP contribution in [0, 0.1) is 17.9 Å². The minimum absolute atomic E-state index is 0.227. The third-order valence-electron chi connectivity index (χ3n) is 6.88. The van der Waals surface area contributed by atoms with E-state index in [1.807, 2.05) is 45.0 Å². The molecule has 2 aliphatic heterocycles. The van der Waals surface area contributed by atoms with Crippen molar-refractivity contribution in [3.8, 4) is 5.69 Å². The van der Waals surface area contributed by atoms with Gasteiger partial charge in [-0.3, -0.25) is 4.90 Å². The Balaban J connectivity index is 0.00000156. The van der Waals surface area contributed by atoms with Crippen LogP contribution in [0.3, 0.4) is 0 Å². The molecule has 0 N–H and O–H groups in total. The largest absolute Gasteiger partial charge is 0.363 e. The van der Waals surface area contributed by atoms with Gasteiger partial charge in [0, 0.05) is 48.4 Å². The van der Waals surface area contributed by atoms with Crippen LogP contribution in [0.15, 0.2) is 30.5 Å². The quantitative estimate of drug-likeness (QED) is 0.428. The first-order chi connectivity index (χ1) is 17.6. The Bertz CT molecular complexity index is 1250. The SMILES string of the molecule is C=O.Cc1nn(-c2c(F)cccc2CN(C)C)cc1CN1CCC2(CC1)OCC(F)(F)c1cc(F)sc12. The molecular formula is C26H30F4N4O2S. The lowest BCUT2D eigenvalue weighted by Gasteiger charge is -2.45. The number of rotatable bonds is 5. The van der Waals surface area contributed by atoms with Gasteiger partial charge >= 0.3 is 0 Å². The second-order valence-electron chi connectivity index (χ2n) is 9.73. The summed E-state index contributed by atoms with van der Waals surface area (Å²) in [6.45, 7) is 5.58. The number of alkyl halides is 2. The number of carbonyl (C=O) groups is 1. The van der Waals surface area contributed by atoms with Gasteiger partial charge in [-0.05, 0) is 51.6 Å². The lowest BCUT2D eigenvalue weighted by atomic mass is 9.84. The van der Waals surface area contributed by atoms with E-state index in [0.717, 1.165) is 34.2 Å². The van der Waals surface area contributed by atoms with Crippen LogP contribution in [0.5, 0.6) is 0 Å². The van der Waals surface area contributed by atoms with Crippen molar-refractivity contribution in [2.75, 3.05) is 33.8 Å². The normalized spacial score (nSPS) is 18.5. The number of hydrogen-bond donors (Lipinski definition) is 0. The molecule has 1 fully saturated rings. The molecule has 2 aromatic heterocycles. The highest BCUT2D eigenvalue weighted by molar-refractivity contribution is 7.10. The van der Waals surface area contributed by atoms with Gasteiger partial charge in [-0.2, -0.15) is 18.3 Å². The number of aryl methyl sites for hydroxylation is 1. The summed E-state index contributed by atoms with van der Waals surface area (Å²) in [6, 6.07) is 5.99. The molecule has 1 saturated heterocycles. The maximum absolute atomic E-state index is 14.8. The van der Waals surface area contributed by atoms with Crippen LogP contribution in [0.25, 0.3) is 5.69 Å². The summed E-state index contributed by atoms with van der Waals surface area (Å²) < 4.78 is 64.6. The fourth-order valence-corrected chi connectivity index (χ4v) is 6.22. The van der Waals surface area contributed by atoms with Crippen LogP contribution in [0.4, 0.5) is 17.6 Å². The first-order valence-corrected chi connectivity index (χ1v) is 12.7. The van der Waals surface area contributed by atoms with Crippen molar-refractivity contribution in [3.63, 3.8) is 0 Å². The monoisotopic (exact) mass is 538 g/mol. The van der Waals surface area contributed by atoms with E-state index in [0.29, 0.717) is 49.6 Å². The molecule has 200 valence electrons. The van der Waals surface area contributed by atoms with Crippen LogP contribution in [0.2, 0.25) is 0 Å². The molecule has 0 bridgehead atoms. The zero-order chi connectivity index (χ0) is 27.0. The van der Waals surface area contributed by atoms with Crippen LogP contribution < -0.4 is 0 Å². The molecule has 5 rings (SSSR count). The Morgan fingerprint density at radius 3 is 2.54 bits per heavy atom. The minimum atomic E-state index is -3.16. The summed E-state index contributed by atoms with van der Waals surface area (Å²) >= 11 is 0.771. The van der Waals surface area contributed by atoms with Crippen molar-refractivity contribution < 1.29 is 27.1 Å². The number of hydrogen-bond acceptors (Lipinski definition) is 6. The van der Waals surface area contributed by atoms with Crippen molar-refractivity contribution in [2.24, 2.45) is 0 Å². The fraction of sp³-hybridized carbons (Fsp3) is 0.462. The predicted octanol–water partition coefficient (Wildman–Crippen LogP) is 5.01. The smallest absolute Gasteiger partial charge is 0.297 e. The summed E-state index contributed by atoms with van der Waals surface area (Å²) in [5.74, 6) is -3.49. The molecule has 3 aromatic rings. The number of nitrogens with zero attached hydrogens (tertiary/aromatic N) is 4. The number of halogens is 4. The molecule has 1 aromatic carbocycles. The van der Waals surface area contributed by atoms with Gasteiger partial charge in [0.1, 0.15) is 30.5 Å². The Hall–Kier alpha value is -2.60. The van der Waals surface area contributed by atoms with Crippen molar-refractivity contribution in [1.29, 1.82) is 0 Å². The number of piperidine rings is 1.